The Hall–Kier alpha value is -1.88. The molecule has 1 aromatic carbocycles. The lowest BCUT2D eigenvalue weighted by Gasteiger charge is -2.23. The number of hydrogen-bond acceptors (Lipinski definition) is 5. The van der Waals surface area contributed by atoms with Gasteiger partial charge in [0.25, 0.3) is 5.89 Å². The van der Waals surface area contributed by atoms with Gasteiger partial charge >= 0.3 is 0 Å². The van der Waals surface area contributed by atoms with Gasteiger partial charge in [0.05, 0.1) is 0 Å². The van der Waals surface area contributed by atoms with Gasteiger partial charge in [0.1, 0.15) is 11.4 Å². The molecule has 0 radical (unpaired) electrons. The number of phenolic OH excluding ortho intramolecular Hbond substituents is 1. The van der Waals surface area contributed by atoms with Crippen molar-refractivity contribution in [3.05, 3.63) is 30.1 Å². The average Bonchev–Trinajstić information content (AvgIpc) is 2.90. The van der Waals surface area contributed by atoms with Crippen LogP contribution < -0.4 is 0 Å². The minimum Gasteiger partial charge on any atom is -0.508 e. The van der Waals surface area contributed by atoms with Gasteiger partial charge < -0.3 is 14.4 Å². The normalized spacial score (nSPS) is 14.3. The van der Waals surface area contributed by atoms with Crippen LogP contribution in [0.15, 0.2) is 28.8 Å². The summed E-state index contributed by atoms with van der Waals surface area (Å²) in [4.78, 5) is 4.39. The monoisotopic (exact) mass is 262 g/mol. The van der Waals surface area contributed by atoms with E-state index in [0.29, 0.717) is 18.3 Å². The quantitative estimate of drug-likeness (QED) is 0.896. The van der Waals surface area contributed by atoms with E-state index in [1.54, 1.807) is 24.3 Å². The van der Waals surface area contributed by atoms with Gasteiger partial charge in [-0.05, 0) is 44.5 Å². The summed E-state index contributed by atoms with van der Waals surface area (Å²) < 4.78 is 11.0. The third-order valence-electron chi connectivity index (χ3n) is 3.15. The van der Waals surface area contributed by atoms with Crippen molar-refractivity contribution in [3.63, 3.8) is 0 Å². The van der Waals surface area contributed by atoms with Crippen LogP contribution in [0.25, 0.3) is 11.5 Å². The topological polar surface area (TPSA) is 68.4 Å². The van der Waals surface area contributed by atoms with Crippen LogP contribution in [0, 0.1) is 0 Å². The third kappa shape index (κ3) is 2.76. The zero-order chi connectivity index (χ0) is 13.9. The molecule has 1 heterocycles. The van der Waals surface area contributed by atoms with Gasteiger partial charge in [-0.2, -0.15) is 4.98 Å². The Kier molecular flexibility index (Phi) is 3.85. The summed E-state index contributed by atoms with van der Waals surface area (Å²) in [6, 6.07) is 6.63. The van der Waals surface area contributed by atoms with Crippen LogP contribution in [-0.4, -0.2) is 21.9 Å². The first-order valence-corrected chi connectivity index (χ1v) is 6.36. The van der Waals surface area contributed by atoms with E-state index in [-0.39, 0.29) is 5.75 Å². The molecule has 2 rings (SSSR count). The lowest BCUT2D eigenvalue weighted by Crippen LogP contribution is -2.26. The van der Waals surface area contributed by atoms with Crippen molar-refractivity contribution in [2.75, 3.05) is 6.61 Å². The number of hydrogen-bond donors (Lipinski definition) is 1. The highest BCUT2D eigenvalue weighted by atomic mass is 16.5. The van der Waals surface area contributed by atoms with Crippen LogP contribution in [-0.2, 0) is 10.3 Å². The van der Waals surface area contributed by atoms with E-state index in [0.717, 1.165) is 12.0 Å². The van der Waals surface area contributed by atoms with Crippen molar-refractivity contribution in [1.29, 1.82) is 0 Å². The Morgan fingerprint density at radius 1 is 1.26 bits per heavy atom. The second kappa shape index (κ2) is 5.40. The number of nitrogens with zero attached hydrogens (tertiary/aromatic N) is 2. The highest BCUT2D eigenvalue weighted by molar-refractivity contribution is 5.54. The summed E-state index contributed by atoms with van der Waals surface area (Å²) in [6.07, 6.45) is 0.759. The molecule has 0 fully saturated rings. The number of phenols is 1. The van der Waals surface area contributed by atoms with Crippen molar-refractivity contribution in [3.8, 4) is 17.2 Å². The molecule has 5 nitrogen and oxygen atoms in total. The fraction of sp³-hybridized carbons (Fsp3) is 0.429. The van der Waals surface area contributed by atoms with Gasteiger partial charge in [-0.15, -0.1) is 0 Å². The Balaban J connectivity index is 2.30. The molecule has 102 valence electrons. The maximum Gasteiger partial charge on any atom is 0.258 e. The maximum absolute atomic E-state index is 9.26. The fourth-order valence-electron chi connectivity index (χ4n) is 1.80. The first kappa shape index (κ1) is 13.5. The highest BCUT2D eigenvalue weighted by Gasteiger charge is 2.31. The van der Waals surface area contributed by atoms with E-state index in [1.807, 2.05) is 20.8 Å². The minimum absolute atomic E-state index is 0.205. The fourth-order valence-corrected chi connectivity index (χ4v) is 1.80. The summed E-state index contributed by atoms with van der Waals surface area (Å²) in [5, 5.41) is 13.3. The van der Waals surface area contributed by atoms with Crippen molar-refractivity contribution < 1.29 is 14.4 Å². The first-order valence-electron chi connectivity index (χ1n) is 6.36. The molecule has 0 saturated carbocycles. The Labute approximate surface area is 112 Å². The number of aromatic hydroxyl groups is 1. The van der Waals surface area contributed by atoms with Gasteiger partial charge in [0.2, 0.25) is 5.82 Å². The molecule has 0 saturated heterocycles. The van der Waals surface area contributed by atoms with Gasteiger partial charge in [0.15, 0.2) is 0 Å². The second-order valence-electron chi connectivity index (χ2n) is 4.49. The molecule has 0 amide bonds. The standard InChI is InChI=1S/C14H18N2O3/c1-4-14(3,18-5-2)13-15-12(19-16-13)10-6-8-11(17)9-7-10/h6-9,17H,4-5H2,1-3H3. The third-order valence-corrected chi connectivity index (χ3v) is 3.15. The highest BCUT2D eigenvalue weighted by Crippen LogP contribution is 2.29. The minimum atomic E-state index is -0.534. The molecule has 19 heavy (non-hydrogen) atoms. The van der Waals surface area contributed by atoms with Crippen molar-refractivity contribution in [2.24, 2.45) is 0 Å². The largest absolute Gasteiger partial charge is 0.508 e. The van der Waals surface area contributed by atoms with E-state index >= 15 is 0 Å². The van der Waals surface area contributed by atoms with E-state index in [9.17, 15) is 5.11 Å². The van der Waals surface area contributed by atoms with Crippen LogP contribution in [0.3, 0.4) is 0 Å². The maximum atomic E-state index is 9.26. The molecule has 0 spiro atoms. The summed E-state index contributed by atoms with van der Waals surface area (Å²) in [5.74, 6) is 1.17. The molecular formula is C14H18N2O3. The van der Waals surface area contributed by atoms with Crippen molar-refractivity contribution in [2.45, 2.75) is 32.8 Å². The SMILES string of the molecule is CCOC(C)(CC)c1noc(-c2ccc(O)cc2)n1. The van der Waals surface area contributed by atoms with E-state index < -0.39 is 5.60 Å². The lowest BCUT2D eigenvalue weighted by molar-refractivity contribution is -0.0403. The molecule has 0 bridgehead atoms. The second-order valence-corrected chi connectivity index (χ2v) is 4.49. The van der Waals surface area contributed by atoms with Crippen molar-refractivity contribution in [1.82, 2.24) is 10.1 Å². The summed E-state index contributed by atoms with van der Waals surface area (Å²) >= 11 is 0. The van der Waals surface area contributed by atoms with Crippen LogP contribution >= 0.6 is 0 Å². The number of aromatic nitrogens is 2. The van der Waals surface area contributed by atoms with E-state index in [4.69, 9.17) is 9.26 Å². The van der Waals surface area contributed by atoms with Gasteiger partial charge in [-0.25, -0.2) is 0 Å². The molecule has 2 aromatic rings. The summed E-state index contributed by atoms with van der Waals surface area (Å²) in [5.41, 5.74) is 0.236. The molecule has 1 N–H and O–H groups in total. The zero-order valence-electron chi connectivity index (χ0n) is 11.4. The number of benzene rings is 1. The van der Waals surface area contributed by atoms with E-state index in [1.165, 1.54) is 0 Å². The smallest absolute Gasteiger partial charge is 0.258 e. The predicted molar refractivity (Wildman–Crippen MR) is 70.7 cm³/mol. The molecular weight excluding hydrogens is 244 g/mol. The number of rotatable bonds is 5. The zero-order valence-corrected chi connectivity index (χ0v) is 11.4. The molecule has 5 heteroatoms. The lowest BCUT2D eigenvalue weighted by atomic mass is 10.0. The van der Waals surface area contributed by atoms with E-state index in [2.05, 4.69) is 10.1 Å². The Bertz CT molecular complexity index is 536. The summed E-state index contributed by atoms with van der Waals surface area (Å²) in [7, 11) is 0. The van der Waals surface area contributed by atoms with Gasteiger partial charge in [-0.3, -0.25) is 0 Å². The summed E-state index contributed by atoms with van der Waals surface area (Å²) in [6.45, 7) is 6.50. The predicted octanol–water partition coefficient (Wildman–Crippen LogP) is 3.10. The molecule has 0 aliphatic carbocycles. The molecule has 1 aromatic heterocycles. The van der Waals surface area contributed by atoms with Gasteiger partial charge in [-0.1, -0.05) is 12.1 Å². The molecule has 0 aliphatic rings. The van der Waals surface area contributed by atoms with Crippen LogP contribution in [0.4, 0.5) is 0 Å². The van der Waals surface area contributed by atoms with Crippen molar-refractivity contribution >= 4 is 0 Å². The van der Waals surface area contributed by atoms with Crippen LogP contribution in [0.2, 0.25) is 0 Å². The Morgan fingerprint density at radius 3 is 2.53 bits per heavy atom. The number of ether oxygens (including phenoxy) is 1. The Morgan fingerprint density at radius 2 is 1.95 bits per heavy atom. The van der Waals surface area contributed by atoms with Crippen LogP contribution in [0.5, 0.6) is 5.75 Å². The first-order chi connectivity index (χ1) is 9.09. The molecule has 1 atom stereocenters. The molecule has 0 aliphatic heterocycles. The van der Waals surface area contributed by atoms with Crippen LogP contribution in [0.1, 0.15) is 33.0 Å². The molecule has 1 unspecified atom stereocenters. The van der Waals surface area contributed by atoms with Gasteiger partial charge in [0, 0.05) is 12.2 Å². The average molecular weight is 262 g/mol.